The van der Waals surface area contributed by atoms with Crippen molar-refractivity contribution in [2.45, 2.75) is 33.9 Å². The summed E-state index contributed by atoms with van der Waals surface area (Å²) in [6.45, 7) is 9.43. The van der Waals surface area contributed by atoms with Gasteiger partial charge in [0.15, 0.2) is 0 Å². The molecule has 0 bridgehead atoms. The molecular formula is C17H25N3S. The van der Waals surface area contributed by atoms with Gasteiger partial charge in [0.2, 0.25) is 0 Å². The first kappa shape index (κ1) is 16.0. The summed E-state index contributed by atoms with van der Waals surface area (Å²) in [6.07, 6.45) is 0. The highest BCUT2D eigenvalue weighted by molar-refractivity contribution is 7.09. The average molecular weight is 303 g/mol. The van der Waals surface area contributed by atoms with Crippen molar-refractivity contribution >= 4 is 17.0 Å². The molecule has 0 aliphatic carbocycles. The Kier molecular flexibility index (Phi) is 5.76. The van der Waals surface area contributed by atoms with Crippen molar-refractivity contribution in [1.82, 2.24) is 10.3 Å². The van der Waals surface area contributed by atoms with E-state index >= 15 is 0 Å². The first-order chi connectivity index (χ1) is 10.1. The van der Waals surface area contributed by atoms with Gasteiger partial charge in [0.25, 0.3) is 0 Å². The molecule has 0 saturated heterocycles. The van der Waals surface area contributed by atoms with Crippen molar-refractivity contribution in [3.8, 4) is 0 Å². The molecule has 0 saturated carbocycles. The van der Waals surface area contributed by atoms with E-state index in [-0.39, 0.29) is 0 Å². The van der Waals surface area contributed by atoms with Gasteiger partial charge in [0.1, 0.15) is 0 Å². The van der Waals surface area contributed by atoms with Gasteiger partial charge in [0.05, 0.1) is 17.7 Å². The number of nitrogens with zero attached hydrogens (tertiary/aromatic N) is 2. The molecule has 0 spiro atoms. The Bertz CT molecular complexity index is 563. The molecule has 21 heavy (non-hydrogen) atoms. The Hall–Kier alpha value is -1.39. The highest BCUT2D eigenvalue weighted by atomic mass is 32.1. The van der Waals surface area contributed by atoms with Crippen LogP contribution in [-0.4, -0.2) is 18.6 Å². The molecular weight excluding hydrogens is 278 g/mol. The zero-order chi connectivity index (χ0) is 15.2. The van der Waals surface area contributed by atoms with Crippen LogP contribution in [-0.2, 0) is 13.1 Å². The molecule has 4 heteroatoms. The molecule has 0 aliphatic heterocycles. The molecule has 1 heterocycles. The third-order valence-electron chi connectivity index (χ3n) is 3.50. The zero-order valence-electron chi connectivity index (χ0n) is 13.4. The van der Waals surface area contributed by atoms with Crippen LogP contribution in [0, 0.1) is 12.8 Å². The highest BCUT2D eigenvalue weighted by Crippen LogP contribution is 2.23. The topological polar surface area (TPSA) is 28.2 Å². The fourth-order valence-electron chi connectivity index (χ4n) is 2.31. The van der Waals surface area contributed by atoms with Crippen LogP contribution in [0.15, 0.2) is 29.8 Å². The van der Waals surface area contributed by atoms with Crippen molar-refractivity contribution < 1.29 is 0 Å². The fourth-order valence-corrected chi connectivity index (χ4v) is 3.14. The van der Waals surface area contributed by atoms with Crippen molar-refractivity contribution in [1.29, 1.82) is 0 Å². The lowest BCUT2D eigenvalue weighted by atomic mass is 10.1. The molecule has 1 aromatic carbocycles. The lowest BCUT2D eigenvalue weighted by Gasteiger charge is -2.22. The predicted octanol–water partition coefficient (Wildman–Crippen LogP) is 3.83. The summed E-state index contributed by atoms with van der Waals surface area (Å²) < 4.78 is 0. The average Bonchev–Trinajstić information content (AvgIpc) is 2.84. The molecule has 3 nitrogen and oxygen atoms in total. The summed E-state index contributed by atoms with van der Waals surface area (Å²) in [7, 11) is 2.15. The van der Waals surface area contributed by atoms with E-state index in [1.165, 1.54) is 16.1 Å². The van der Waals surface area contributed by atoms with Crippen LogP contribution in [0.25, 0.3) is 0 Å². The highest BCUT2D eigenvalue weighted by Gasteiger charge is 2.10. The Morgan fingerprint density at radius 2 is 2.05 bits per heavy atom. The molecule has 0 radical (unpaired) electrons. The summed E-state index contributed by atoms with van der Waals surface area (Å²) in [5.74, 6) is 0.676. The number of hydrogen-bond donors (Lipinski definition) is 1. The van der Waals surface area contributed by atoms with E-state index in [0.717, 1.165) is 25.3 Å². The monoisotopic (exact) mass is 303 g/mol. The van der Waals surface area contributed by atoms with Crippen LogP contribution >= 0.6 is 11.3 Å². The smallest absolute Gasteiger partial charge is 0.0798 e. The summed E-state index contributed by atoms with van der Waals surface area (Å²) in [6, 6.07) is 8.63. The van der Waals surface area contributed by atoms with Gasteiger partial charge in [-0.1, -0.05) is 32.0 Å². The van der Waals surface area contributed by atoms with E-state index in [2.05, 4.69) is 67.3 Å². The van der Waals surface area contributed by atoms with Crippen LogP contribution in [0.2, 0.25) is 0 Å². The fraction of sp³-hybridized carbons (Fsp3) is 0.471. The number of aromatic nitrogens is 1. The van der Waals surface area contributed by atoms with E-state index in [1.54, 1.807) is 11.3 Å². The van der Waals surface area contributed by atoms with Crippen LogP contribution in [0.4, 0.5) is 5.69 Å². The standard InChI is InChI=1S/C17H25N3S/c1-13(2)9-18-10-15-7-5-6-8-16(15)20(4)11-17-14(3)19-12-21-17/h5-8,12-13,18H,9-11H2,1-4H3. The minimum atomic E-state index is 0.676. The Morgan fingerprint density at radius 1 is 1.29 bits per heavy atom. The lowest BCUT2D eigenvalue weighted by Crippen LogP contribution is -2.22. The first-order valence-corrected chi connectivity index (χ1v) is 8.34. The van der Waals surface area contributed by atoms with Gasteiger partial charge >= 0.3 is 0 Å². The van der Waals surface area contributed by atoms with Crippen molar-refractivity contribution in [3.63, 3.8) is 0 Å². The van der Waals surface area contributed by atoms with Crippen LogP contribution in [0.1, 0.15) is 30.0 Å². The SMILES string of the molecule is Cc1ncsc1CN(C)c1ccccc1CNCC(C)C. The van der Waals surface area contributed by atoms with E-state index in [9.17, 15) is 0 Å². The van der Waals surface area contributed by atoms with E-state index in [0.29, 0.717) is 5.92 Å². The molecule has 0 fully saturated rings. The van der Waals surface area contributed by atoms with Crippen molar-refractivity contribution in [2.24, 2.45) is 5.92 Å². The van der Waals surface area contributed by atoms with Gasteiger partial charge in [0, 0.05) is 24.2 Å². The molecule has 0 unspecified atom stereocenters. The zero-order valence-corrected chi connectivity index (χ0v) is 14.2. The summed E-state index contributed by atoms with van der Waals surface area (Å²) in [5.41, 5.74) is 5.71. The lowest BCUT2D eigenvalue weighted by molar-refractivity contribution is 0.552. The minimum absolute atomic E-state index is 0.676. The number of aryl methyl sites for hydroxylation is 1. The molecule has 2 aromatic rings. The van der Waals surface area contributed by atoms with Gasteiger partial charge in [-0.2, -0.15) is 0 Å². The van der Waals surface area contributed by atoms with E-state index in [1.807, 2.05) is 5.51 Å². The number of thiazole rings is 1. The second kappa shape index (κ2) is 7.57. The Balaban J connectivity index is 2.06. The summed E-state index contributed by atoms with van der Waals surface area (Å²) >= 11 is 1.73. The van der Waals surface area contributed by atoms with Crippen LogP contribution in [0.3, 0.4) is 0 Å². The van der Waals surface area contributed by atoms with Gasteiger partial charge < -0.3 is 10.2 Å². The quantitative estimate of drug-likeness (QED) is 0.842. The van der Waals surface area contributed by atoms with E-state index in [4.69, 9.17) is 0 Å². The number of para-hydroxylation sites is 1. The first-order valence-electron chi connectivity index (χ1n) is 7.46. The summed E-state index contributed by atoms with van der Waals surface area (Å²) in [4.78, 5) is 7.98. The van der Waals surface area contributed by atoms with Gasteiger partial charge in [-0.3, -0.25) is 0 Å². The molecule has 1 aromatic heterocycles. The summed E-state index contributed by atoms with van der Waals surface area (Å²) in [5, 5.41) is 3.53. The van der Waals surface area contributed by atoms with Crippen molar-refractivity contribution in [2.75, 3.05) is 18.5 Å². The number of hydrogen-bond acceptors (Lipinski definition) is 4. The predicted molar refractivity (Wildman–Crippen MR) is 91.9 cm³/mol. The minimum Gasteiger partial charge on any atom is -0.369 e. The third kappa shape index (κ3) is 4.55. The maximum atomic E-state index is 4.33. The normalized spacial score (nSPS) is 11.1. The maximum absolute atomic E-state index is 4.33. The van der Waals surface area contributed by atoms with Crippen LogP contribution in [0.5, 0.6) is 0 Å². The maximum Gasteiger partial charge on any atom is 0.0798 e. The molecule has 0 aliphatic rings. The number of benzene rings is 1. The van der Waals surface area contributed by atoms with Gasteiger partial charge in [-0.05, 0) is 31.0 Å². The van der Waals surface area contributed by atoms with E-state index < -0.39 is 0 Å². The largest absolute Gasteiger partial charge is 0.369 e. The van der Waals surface area contributed by atoms with Gasteiger partial charge in [-0.15, -0.1) is 11.3 Å². The third-order valence-corrected chi connectivity index (χ3v) is 4.42. The Labute approximate surface area is 132 Å². The second-order valence-electron chi connectivity index (χ2n) is 5.87. The molecule has 0 atom stereocenters. The number of nitrogens with one attached hydrogen (secondary N) is 1. The Morgan fingerprint density at radius 3 is 2.71 bits per heavy atom. The molecule has 114 valence electrons. The van der Waals surface area contributed by atoms with Crippen LogP contribution < -0.4 is 10.2 Å². The second-order valence-corrected chi connectivity index (χ2v) is 6.81. The van der Waals surface area contributed by atoms with Crippen molar-refractivity contribution in [3.05, 3.63) is 45.9 Å². The molecule has 0 amide bonds. The van der Waals surface area contributed by atoms with Gasteiger partial charge in [-0.25, -0.2) is 4.98 Å². The molecule has 1 N–H and O–H groups in total. The number of anilines is 1. The number of rotatable bonds is 7. The molecule has 2 rings (SSSR count).